The number of hydrogen-bond acceptors (Lipinski definition) is 2. The highest BCUT2D eigenvalue weighted by Gasteiger charge is 2.31. The zero-order valence-electron chi connectivity index (χ0n) is 11.3. The summed E-state index contributed by atoms with van der Waals surface area (Å²) in [7, 11) is 0. The second-order valence-corrected chi connectivity index (χ2v) is 4.73. The fourth-order valence-electron chi connectivity index (χ4n) is 1.89. The number of ether oxygens (including phenoxy) is 1. The van der Waals surface area contributed by atoms with Gasteiger partial charge in [-0.1, -0.05) is 12.1 Å². The third-order valence-electron chi connectivity index (χ3n) is 2.69. The molecule has 1 aromatic rings. The lowest BCUT2D eigenvalue weighted by molar-refractivity contribution is -0.274. The number of benzene rings is 1. The van der Waals surface area contributed by atoms with Gasteiger partial charge in [0.15, 0.2) is 0 Å². The average molecular weight is 315 g/mol. The van der Waals surface area contributed by atoms with E-state index in [-0.39, 0.29) is 5.75 Å². The summed E-state index contributed by atoms with van der Waals surface area (Å²) in [6.07, 6.45) is -10.0. The minimum atomic E-state index is -4.77. The smallest absolute Gasteiger partial charge is 0.406 e. The van der Waals surface area contributed by atoms with Crippen LogP contribution in [-0.2, 0) is 0 Å². The molecule has 120 valence electrons. The van der Waals surface area contributed by atoms with E-state index >= 15 is 0 Å². The lowest BCUT2D eigenvalue weighted by atomic mass is 10.1. The fourth-order valence-corrected chi connectivity index (χ4v) is 1.89. The van der Waals surface area contributed by atoms with Crippen LogP contribution in [0.3, 0.4) is 0 Å². The maximum absolute atomic E-state index is 12.2. The highest BCUT2D eigenvalue weighted by atomic mass is 19.4. The van der Waals surface area contributed by atoms with Crippen molar-refractivity contribution in [3.05, 3.63) is 29.8 Å². The van der Waals surface area contributed by atoms with Crippen LogP contribution in [0.4, 0.5) is 26.3 Å². The Hall–Kier alpha value is -1.44. The molecule has 0 saturated heterocycles. The highest BCUT2D eigenvalue weighted by molar-refractivity contribution is 5.29. The van der Waals surface area contributed by atoms with Gasteiger partial charge in [-0.05, 0) is 31.5 Å². The molecule has 0 spiro atoms. The molecule has 0 saturated carbocycles. The van der Waals surface area contributed by atoms with Gasteiger partial charge in [-0.3, -0.25) is 0 Å². The first-order valence-electron chi connectivity index (χ1n) is 6.15. The van der Waals surface area contributed by atoms with E-state index in [0.717, 1.165) is 12.1 Å². The molecule has 2 unspecified atom stereocenters. The monoisotopic (exact) mass is 315 g/mol. The van der Waals surface area contributed by atoms with Crippen molar-refractivity contribution >= 4 is 0 Å². The molecule has 0 amide bonds. The van der Waals surface area contributed by atoms with E-state index in [4.69, 9.17) is 0 Å². The molecule has 21 heavy (non-hydrogen) atoms. The molecule has 1 aromatic carbocycles. The minimum Gasteiger partial charge on any atom is -0.406 e. The van der Waals surface area contributed by atoms with Crippen molar-refractivity contribution in [3.63, 3.8) is 0 Å². The van der Waals surface area contributed by atoms with Crippen molar-refractivity contribution < 1.29 is 31.1 Å². The number of halogens is 6. The molecule has 0 aliphatic carbocycles. The van der Waals surface area contributed by atoms with Gasteiger partial charge in [0.2, 0.25) is 0 Å². The van der Waals surface area contributed by atoms with Crippen molar-refractivity contribution in [2.24, 2.45) is 0 Å². The van der Waals surface area contributed by atoms with E-state index in [0.29, 0.717) is 5.56 Å². The van der Waals surface area contributed by atoms with Gasteiger partial charge in [-0.2, -0.15) is 13.2 Å². The van der Waals surface area contributed by atoms with E-state index < -0.39 is 31.0 Å². The van der Waals surface area contributed by atoms with Crippen LogP contribution in [0.2, 0.25) is 0 Å². The topological polar surface area (TPSA) is 21.3 Å². The van der Waals surface area contributed by atoms with Crippen LogP contribution in [0, 0.1) is 0 Å². The molecule has 1 N–H and O–H groups in total. The Bertz CT molecular complexity index is 439. The summed E-state index contributed by atoms with van der Waals surface area (Å²) in [5.74, 6) is -0.373. The van der Waals surface area contributed by atoms with E-state index in [1.807, 2.05) is 0 Å². The molecule has 0 radical (unpaired) electrons. The first-order chi connectivity index (χ1) is 9.46. The molecule has 0 bridgehead atoms. The Morgan fingerprint density at radius 2 is 1.52 bits per heavy atom. The summed E-state index contributed by atoms with van der Waals surface area (Å²) in [6, 6.07) is 3.76. The quantitative estimate of drug-likeness (QED) is 0.803. The molecule has 0 heterocycles. The first-order valence-corrected chi connectivity index (χ1v) is 6.15. The van der Waals surface area contributed by atoms with Gasteiger partial charge in [-0.25, -0.2) is 0 Å². The van der Waals surface area contributed by atoms with E-state index in [1.54, 1.807) is 6.92 Å². The largest absolute Gasteiger partial charge is 0.573 e. The molecule has 0 fully saturated rings. The Morgan fingerprint density at radius 3 is 1.95 bits per heavy atom. The van der Waals surface area contributed by atoms with Crippen LogP contribution in [0.5, 0.6) is 5.75 Å². The summed E-state index contributed by atoms with van der Waals surface area (Å²) < 4.78 is 76.3. The highest BCUT2D eigenvalue weighted by Crippen LogP contribution is 2.26. The van der Waals surface area contributed by atoms with Crippen LogP contribution in [0.15, 0.2) is 24.3 Å². The van der Waals surface area contributed by atoms with Crippen molar-refractivity contribution in [1.82, 2.24) is 5.32 Å². The summed E-state index contributed by atoms with van der Waals surface area (Å²) >= 11 is 0. The van der Waals surface area contributed by atoms with Gasteiger partial charge in [0.1, 0.15) is 5.75 Å². The molecular weight excluding hydrogens is 300 g/mol. The second-order valence-electron chi connectivity index (χ2n) is 4.73. The van der Waals surface area contributed by atoms with Crippen LogP contribution in [0.25, 0.3) is 0 Å². The van der Waals surface area contributed by atoms with Crippen LogP contribution in [-0.4, -0.2) is 18.6 Å². The number of alkyl halides is 6. The second kappa shape index (κ2) is 6.55. The molecule has 0 aliphatic heterocycles. The third kappa shape index (κ3) is 7.22. The third-order valence-corrected chi connectivity index (χ3v) is 2.69. The Morgan fingerprint density at radius 1 is 1.00 bits per heavy atom. The zero-order chi connectivity index (χ0) is 16.3. The van der Waals surface area contributed by atoms with Crippen LogP contribution < -0.4 is 10.1 Å². The fraction of sp³-hybridized carbons (Fsp3) is 0.538. The van der Waals surface area contributed by atoms with Crippen molar-refractivity contribution in [3.8, 4) is 5.75 Å². The van der Waals surface area contributed by atoms with Gasteiger partial charge in [0, 0.05) is 12.1 Å². The molecule has 2 atom stereocenters. The summed E-state index contributed by atoms with van der Waals surface area (Å²) in [5, 5.41) is 2.74. The van der Waals surface area contributed by atoms with Gasteiger partial charge >= 0.3 is 12.5 Å². The summed E-state index contributed by atoms with van der Waals surface area (Å²) in [6.45, 7) is 3.03. The van der Waals surface area contributed by atoms with Crippen molar-refractivity contribution in [2.45, 2.75) is 44.9 Å². The first kappa shape index (κ1) is 17.6. The zero-order valence-corrected chi connectivity index (χ0v) is 11.3. The van der Waals surface area contributed by atoms with Gasteiger partial charge in [0.25, 0.3) is 0 Å². The average Bonchev–Trinajstić information content (AvgIpc) is 2.24. The van der Waals surface area contributed by atoms with E-state index in [9.17, 15) is 26.3 Å². The van der Waals surface area contributed by atoms with Crippen LogP contribution in [0.1, 0.15) is 31.9 Å². The molecule has 1 rings (SSSR count). The molecule has 2 nitrogen and oxygen atoms in total. The molecule has 0 aromatic heterocycles. The van der Waals surface area contributed by atoms with Gasteiger partial charge in [-0.15, -0.1) is 13.2 Å². The SMILES string of the molecule is CC(CC(F)(F)F)NC(C)c1ccc(OC(F)(F)F)cc1. The predicted octanol–water partition coefficient (Wildman–Crippen LogP) is 4.58. The number of nitrogens with one attached hydrogen (secondary N) is 1. The lowest BCUT2D eigenvalue weighted by Gasteiger charge is -2.21. The van der Waals surface area contributed by atoms with Crippen LogP contribution >= 0.6 is 0 Å². The Balaban J connectivity index is 2.61. The number of hydrogen-bond donors (Lipinski definition) is 1. The molecule has 8 heteroatoms. The number of rotatable bonds is 5. The molecular formula is C13H15F6NO. The normalized spacial score (nSPS) is 15.6. The summed E-state index contributed by atoms with van der Waals surface area (Å²) in [4.78, 5) is 0. The molecule has 0 aliphatic rings. The predicted molar refractivity (Wildman–Crippen MR) is 64.8 cm³/mol. The lowest BCUT2D eigenvalue weighted by Crippen LogP contribution is -2.33. The summed E-state index contributed by atoms with van der Waals surface area (Å²) in [5.41, 5.74) is 0.568. The van der Waals surface area contributed by atoms with Gasteiger partial charge < -0.3 is 10.1 Å². The van der Waals surface area contributed by atoms with Crippen molar-refractivity contribution in [2.75, 3.05) is 0 Å². The van der Waals surface area contributed by atoms with Gasteiger partial charge in [0.05, 0.1) is 6.42 Å². The van der Waals surface area contributed by atoms with Crippen molar-refractivity contribution in [1.29, 1.82) is 0 Å². The van der Waals surface area contributed by atoms with E-state index in [2.05, 4.69) is 10.1 Å². The van der Waals surface area contributed by atoms with E-state index in [1.165, 1.54) is 19.1 Å². The Kier molecular flexibility index (Phi) is 5.49. The maximum Gasteiger partial charge on any atom is 0.573 e. The standard InChI is InChI=1S/C13H15F6NO/c1-8(7-12(14,15)16)20-9(2)10-3-5-11(6-4-10)21-13(17,18)19/h3-6,8-9,20H,7H2,1-2H3. The minimum absolute atomic E-state index is 0.373. The maximum atomic E-state index is 12.2. The Labute approximate surface area is 118 Å².